The Labute approximate surface area is 164 Å². The number of alkyl carbamates (subject to hydrolysis) is 1. The van der Waals surface area contributed by atoms with E-state index in [9.17, 15) is 9.59 Å². The molecule has 2 aromatic carbocycles. The van der Waals surface area contributed by atoms with Crippen LogP contribution in [0.3, 0.4) is 0 Å². The van der Waals surface area contributed by atoms with Gasteiger partial charge in [-0.1, -0.05) is 60.7 Å². The van der Waals surface area contributed by atoms with Crippen LogP contribution >= 0.6 is 0 Å². The third kappa shape index (κ3) is 8.20. The van der Waals surface area contributed by atoms with Crippen molar-refractivity contribution in [2.24, 2.45) is 0 Å². The molecular weight excluding hydrogens is 362 g/mol. The maximum absolute atomic E-state index is 12.4. The molecule has 0 bridgehead atoms. The largest absolute Gasteiger partial charge is 0.445 e. The highest BCUT2D eigenvalue weighted by atomic mass is 16.7. The number of rotatable bonds is 11. The Kier molecular flexibility index (Phi) is 9.54. The summed E-state index contributed by atoms with van der Waals surface area (Å²) in [6.45, 7) is 0.600. The molecule has 0 saturated carbocycles. The number of methoxy groups -OCH3 is 1. The van der Waals surface area contributed by atoms with Gasteiger partial charge in [0, 0.05) is 13.5 Å². The molecule has 0 aliphatic carbocycles. The van der Waals surface area contributed by atoms with Crippen molar-refractivity contribution in [3.05, 3.63) is 71.8 Å². The molecule has 0 fully saturated rings. The maximum Gasteiger partial charge on any atom is 0.408 e. The van der Waals surface area contributed by atoms with Crippen molar-refractivity contribution in [3.63, 3.8) is 0 Å². The summed E-state index contributed by atoms with van der Waals surface area (Å²) in [6, 6.07) is 17.7. The zero-order valence-electron chi connectivity index (χ0n) is 15.8. The van der Waals surface area contributed by atoms with Gasteiger partial charge in [0.05, 0.1) is 13.2 Å². The molecule has 28 heavy (non-hydrogen) atoms. The monoisotopic (exact) mass is 387 g/mol. The Balaban J connectivity index is 1.89. The van der Waals surface area contributed by atoms with Crippen LogP contribution in [0, 0.1) is 0 Å². The normalized spacial score (nSPS) is 11.5. The molecule has 0 aliphatic heterocycles. The first-order valence-corrected chi connectivity index (χ1v) is 8.93. The summed E-state index contributed by atoms with van der Waals surface area (Å²) >= 11 is 0. The summed E-state index contributed by atoms with van der Waals surface area (Å²) in [5, 5.41) is 2.57. The Morgan fingerprint density at radius 2 is 1.54 bits per heavy atom. The van der Waals surface area contributed by atoms with Crippen molar-refractivity contribution < 1.29 is 28.5 Å². The van der Waals surface area contributed by atoms with E-state index in [-0.39, 0.29) is 19.8 Å². The van der Waals surface area contributed by atoms with Gasteiger partial charge in [-0.25, -0.2) is 9.59 Å². The minimum absolute atomic E-state index is 0.111. The van der Waals surface area contributed by atoms with E-state index in [0.29, 0.717) is 13.2 Å². The van der Waals surface area contributed by atoms with Gasteiger partial charge in [-0.3, -0.25) is 0 Å². The standard InChI is InChI=1S/C21H25NO6/c1-25-12-13-26-16-28-20(23)19(14-17-8-4-2-5-9-17)22-21(24)27-15-18-10-6-3-7-11-18/h2-11,19H,12-16H2,1H3,(H,22,24)/t19-/m1/s1. The minimum atomic E-state index is -0.892. The second kappa shape index (κ2) is 12.5. The smallest absolute Gasteiger partial charge is 0.408 e. The van der Waals surface area contributed by atoms with E-state index in [4.69, 9.17) is 18.9 Å². The van der Waals surface area contributed by atoms with Gasteiger partial charge in [0.2, 0.25) is 0 Å². The van der Waals surface area contributed by atoms with E-state index in [1.54, 1.807) is 7.11 Å². The van der Waals surface area contributed by atoms with Crippen molar-refractivity contribution in [2.45, 2.75) is 19.1 Å². The van der Waals surface area contributed by atoms with Crippen molar-refractivity contribution in [1.29, 1.82) is 0 Å². The fraction of sp³-hybridized carbons (Fsp3) is 0.333. The van der Waals surface area contributed by atoms with Crippen LogP contribution in [0.4, 0.5) is 4.79 Å². The summed E-state index contributed by atoms with van der Waals surface area (Å²) in [4.78, 5) is 24.5. The van der Waals surface area contributed by atoms with Crippen LogP contribution in [-0.4, -0.2) is 45.2 Å². The van der Waals surface area contributed by atoms with Gasteiger partial charge in [0.1, 0.15) is 12.6 Å². The summed E-state index contributed by atoms with van der Waals surface area (Å²) in [7, 11) is 1.55. The van der Waals surface area contributed by atoms with Crippen LogP contribution in [0.25, 0.3) is 0 Å². The number of esters is 1. The molecule has 0 spiro atoms. The quantitative estimate of drug-likeness (QED) is 0.363. The van der Waals surface area contributed by atoms with E-state index >= 15 is 0 Å². The molecule has 7 heteroatoms. The molecule has 1 atom stereocenters. The summed E-state index contributed by atoms with van der Waals surface area (Å²) < 4.78 is 20.3. The molecule has 1 N–H and O–H groups in total. The second-order valence-electron chi connectivity index (χ2n) is 5.93. The van der Waals surface area contributed by atoms with Gasteiger partial charge in [-0.15, -0.1) is 0 Å². The lowest BCUT2D eigenvalue weighted by molar-refractivity contribution is -0.159. The Bertz CT molecular complexity index is 707. The van der Waals surface area contributed by atoms with E-state index in [1.807, 2.05) is 60.7 Å². The predicted octanol–water partition coefficient (Wildman–Crippen LogP) is 2.69. The Hall–Kier alpha value is -2.90. The van der Waals surface area contributed by atoms with Crippen LogP contribution in [0.2, 0.25) is 0 Å². The third-order valence-corrected chi connectivity index (χ3v) is 3.79. The highest BCUT2D eigenvalue weighted by molar-refractivity contribution is 5.81. The van der Waals surface area contributed by atoms with Crippen molar-refractivity contribution in [1.82, 2.24) is 5.32 Å². The number of hydrogen-bond donors (Lipinski definition) is 1. The molecule has 0 aromatic heterocycles. The molecule has 2 rings (SSSR count). The molecule has 0 radical (unpaired) electrons. The average Bonchev–Trinajstić information content (AvgIpc) is 2.73. The SMILES string of the molecule is COCCOCOC(=O)[C@@H](Cc1ccccc1)NC(=O)OCc1ccccc1. The van der Waals surface area contributed by atoms with Gasteiger partial charge in [-0.2, -0.15) is 0 Å². The molecule has 0 saturated heterocycles. The fourth-order valence-corrected chi connectivity index (χ4v) is 2.35. The van der Waals surface area contributed by atoms with Crippen LogP contribution in [-0.2, 0) is 36.8 Å². The van der Waals surface area contributed by atoms with Crippen molar-refractivity contribution in [3.8, 4) is 0 Å². The van der Waals surface area contributed by atoms with Gasteiger partial charge in [0.15, 0.2) is 6.79 Å². The topological polar surface area (TPSA) is 83.1 Å². The zero-order chi connectivity index (χ0) is 20.0. The molecule has 0 unspecified atom stereocenters. The van der Waals surface area contributed by atoms with E-state index in [2.05, 4.69) is 5.32 Å². The lowest BCUT2D eigenvalue weighted by atomic mass is 10.1. The van der Waals surface area contributed by atoms with Crippen LogP contribution in [0.5, 0.6) is 0 Å². The first-order chi connectivity index (χ1) is 13.7. The van der Waals surface area contributed by atoms with Gasteiger partial charge < -0.3 is 24.3 Å². The molecule has 7 nitrogen and oxygen atoms in total. The van der Waals surface area contributed by atoms with Crippen LogP contribution in [0.15, 0.2) is 60.7 Å². The molecular formula is C21H25NO6. The lowest BCUT2D eigenvalue weighted by Crippen LogP contribution is -2.43. The molecule has 0 heterocycles. The maximum atomic E-state index is 12.4. The number of carbonyl (C=O) groups is 2. The first-order valence-electron chi connectivity index (χ1n) is 8.93. The predicted molar refractivity (Wildman–Crippen MR) is 102 cm³/mol. The summed E-state index contributed by atoms with van der Waals surface area (Å²) in [6.07, 6.45) is -0.417. The van der Waals surface area contributed by atoms with Gasteiger partial charge in [0.25, 0.3) is 0 Å². The van der Waals surface area contributed by atoms with Crippen LogP contribution in [0.1, 0.15) is 11.1 Å². The van der Waals surface area contributed by atoms with Crippen molar-refractivity contribution >= 4 is 12.1 Å². The minimum Gasteiger partial charge on any atom is -0.445 e. The number of hydrogen-bond acceptors (Lipinski definition) is 6. The molecule has 0 aliphatic rings. The molecule has 150 valence electrons. The number of ether oxygens (including phenoxy) is 4. The van der Waals surface area contributed by atoms with Crippen LogP contribution < -0.4 is 5.32 Å². The highest BCUT2D eigenvalue weighted by Crippen LogP contribution is 2.06. The fourth-order valence-electron chi connectivity index (χ4n) is 2.35. The average molecular weight is 387 g/mol. The zero-order valence-corrected chi connectivity index (χ0v) is 15.8. The molecule has 1 amide bonds. The van der Waals surface area contributed by atoms with Gasteiger partial charge >= 0.3 is 12.1 Å². The summed E-state index contributed by atoms with van der Waals surface area (Å²) in [5.41, 5.74) is 1.74. The first kappa shape index (κ1) is 21.4. The van der Waals surface area contributed by atoms with Crippen molar-refractivity contribution in [2.75, 3.05) is 27.1 Å². The molecule has 2 aromatic rings. The van der Waals surface area contributed by atoms with Gasteiger partial charge in [-0.05, 0) is 11.1 Å². The Morgan fingerprint density at radius 1 is 0.893 bits per heavy atom. The van der Waals surface area contributed by atoms with E-state index in [0.717, 1.165) is 11.1 Å². The number of amides is 1. The van der Waals surface area contributed by atoms with E-state index < -0.39 is 18.1 Å². The lowest BCUT2D eigenvalue weighted by Gasteiger charge is -2.18. The highest BCUT2D eigenvalue weighted by Gasteiger charge is 2.23. The number of carbonyl (C=O) groups excluding carboxylic acids is 2. The number of benzene rings is 2. The third-order valence-electron chi connectivity index (χ3n) is 3.79. The second-order valence-corrected chi connectivity index (χ2v) is 5.93. The number of nitrogens with one attached hydrogen (secondary N) is 1. The summed E-state index contributed by atoms with van der Waals surface area (Å²) in [5.74, 6) is -0.599. The van der Waals surface area contributed by atoms with E-state index in [1.165, 1.54) is 0 Å². The Morgan fingerprint density at radius 3 is 2.18 bits per heavy atom.